The van der Waals surface area contributed by atoms with Crippen molar-refractivity contribution in [3.63, 3.8) is 0 Å². The minimum Gasteiger partial charge on any atom is -0.312 e. The van der Waals surface area contributed by atoms with Crippen LogP contribution < -0.4 is 5.32 Å². The Kier molecular flexibility index (Phi) is 4.77. The van der Waals surface area contributed by atoms with Crippen LogP contribution in [0.3, 0.4) is 0 Å². The van der Waals surface area contributed by atoms with E-state index >= 15 is 0 Å². The van der Waals surface area contributed by atoms with Gasteiger partial charge < -0.3 is 5.32 Å². The molecule has 0 amide bonds. The number of aromatic nitrogens is 2. The summed E-state index contributed by atoms with van der Waals surface area (Å²) < 4.78 is 1.90. The standard InChI is InChI=1S/C16H19N3/c1-3-4-6-11-15(17-2)16-12-13-19(18-16)14-9-7-5-8-10-14/h1,5,7-10,12-13,15,17H,4,6,11H2,2H3. The number of benzene rings is 1. The fraction of sp³-hybridized carbons (Fsp3) is 0.312. The first-order valence-electron chi connectivity index (χ1n) is 6.57. The zero-order valence-electron chi connectivity index (χ0n) is 11.2. The number of rotatable bonds is 6. The maximum Gasteiger partial charge on any atom is 0.0798 e. The largest absolute Gasteiger partial charge is 0.312 e. The smallest absolute Gasteiger partial charge is 0.0798 e. The zero-order chi connectivity index (χ0) is 13.5. The molecule has 1 atom stereocenters. The third-order valence-corrected chi connectivity index (χ3v) is 3.15. The van der Waals surface area contributed by atoms with Gasteiger partial charge in [0, 0.05) is 12.6 Å². The van der Waals surface area contributed by atoms with Crippen molar-refractivity contribution in [3.05, 3.63) is 48.3 Å². The Balaban J connectivity index is 2.09. The molecule has 3 heteroatoms. The van der Waals surface area contributed by atoms with Crippen LogP contribution in [0.5, 0.6) is 0 Å². The van der Waals surface area contributed by atoms with Crippen molar-refractivity contribution in [2.75, 3.05) is 7.05 Å². The van der Waals surface area contributed by atoms with Gasteiger partial charge in [-0.15, -0.1) is 12.3 Å². The summed E-state index contributed by atoms with van der Waals surface area (Å²) in [5.74, 6) is 2.68. The van der Waals surface area contributed by atoms with Crippen LogP contribution >= 0.6 is 0 Å². The molecule has 1 aromatic carbocycles. The van der Waals surface area contributed by atoms with E-state index < -0.39 is 0 Å². The molecule has 2 rings (SSSR count). The lowest BCUT2D eigenvalue weighted by molar-refractivity contribution is 0.515. The highest BCUT2D eigenvalue weighted by Gasteiger charge is 2.12. The third-order valence-electron chi connectivity index (χ3n) is 3.15. The molecule has 0 bridgehead atoms. The van der Waals surface area contributed by atoms with Gasteiger partial charge in [-0.05, 0) is 38.1 Å². The van der Waals surface area contributed by atoms with Crippen LogP contribution in [0.4, 0.5) is 0 Å². The first kappa shape index (κ1) is 13.4. The number of terminal acetylenes is 1. The summed E-state index contributed by atoms with van der Waals surface area (Å²) in [7, 11) is 1.96. The average molecular weight is 253 g/mol. The van der Waals surface area contributed by atoms with Crippen LogP contribution in [0.25, 0.3) is 5.69 Å². The van der Waals surface area contributed by atoms with E-state index in [2.05, 4.69) is 22.4 Å². The SMILES string of the molecule is C#CCCCC(NC)c1ccn(-c2ccccc2)n1. The molecule has 0 aliphatic carbocycles. The van der Waals surface area contributed by atoms with E-state index in [0.29, 0.717) is 0 Å². The van der Waals surface area contributed by atoms with Gasteiger partial charge >= 0.3 is 0 Å². The highest BCUT2D eigenvalue weighted by Crippen LogP contribution is 2.18. The highest BCUT2D eigenvalue weighted by molar-refractivity contribution is 5.30. The number of nitrogens with one attached hydrogen (secondary N) is 1. The molecule has 98 valence electrons. The lowest BCUT2D eigenvalue weighted by atomic mass is 10.1. The number of nitrogens with zero attached hydrogens (tertiary/aromatic N) is 2. The van der Waals surface area contributed by atoms with Gasteiger partial charge in [0.2, 0.25) is 0 Å². The maximum absolute atomic E-state index is 5.28. The second kappa shape index (κ2) is 6.77. The Bertz CT molecular complexity index is 537. The molecule has 2 aromatic rings. The van der Waals surface area contributed by atoms with Gasteiger partial charge in [0.1, 0.15) is 0 Å². The Morgan fingerprint density at radius 1 is 1.32 bits per heavy atom. The minimum atomic E-state index is 0.262. The molecule has 1 unspecified atom stereocenters. The lowest BCUT2D eigenvalue weighted by Gasteiger charge is -2.12. The van der Waals surface area contributed by atoms with Crippen LogP contribution in [0, 0.1) is 12.3 Å². The van der Waals surface area contributed by atoms with Crippen LogP contribution in [-0.2, 0) is 0 Å². The van der Waals surface area contributed by atoms with Gasteiger partial charge in [-0.25, -0.2) is 4.68 Å². The molecule has 3 nitrogen and oxygen atoms in total. The number of hydrogen-bond donors (Lipinski definition) is 1. The van der Waals surface area contributed by atoms with Crippen molar-refractivity contribution in [2.24, 2.45) is 0 Å². The summed E-state index contributed by atoms with van der Waals surface area (Å²) in [5.41, 5.74) is 2.13. The van der Waals surface area contributed by atoms with Gasteiger partial charge in [-0.2, -0.15) is 5.10 Å². The summed E-state index contributed by atoms with van der Waals surface area (Å²) in [5, 5.41) is 7.93. The Morgan fingerprint density at radius 2 is 2.11 bits per heavy atom. The molecule has 1 aromatic heterocycles. The molecule has 0 fully saturated rings. The van der Waals surface area contributed by atoms with Crippen molar-refractivity contribution in [1.82, 2.24) is 15.1 Å². The molecule has 1 heterocycles. The van der Waals surface area contributed by atoms with Crippen molar-refractivity contribution < 1.29 is 0 Å². The van der Waals surface area contributed by atoms with E-state index in [1.165, 1.54) is 0 Å². The molecular formula is C16H19N3. The summed E-state index contributed by atoms with van der Waals surface area (Å²) in [4.78, 5) is 0. The Hall–Kier alpha value is -2.05. The minimum absolute atomic E-state index is 0.262. The number of hydrogen-bond acceptors (Lipinski definition) is 2. The van der Waals surface area contributed by atoms with E-state index in [-0.39, 0.29) is 6.04 Å². The van der Waals surface area contributed by atoms with Crippen LogP contribution in [0.2, 0.25) is 0 Å². The molecule has 0 radical (unpaired) electrons. The van der Waals surface area contributed by atoms with Crippen molar-refractivity contribution >= 4 is 0 Å². The highest BCUT2D eigenvalue weighted by atomic mass is 15.3. The Labute approximate surface area is 114 Å². The normalized spacial score (nSPS) is 12.0. The fourth-order valence-electron chi connectivity index (χ4n) is 2.10. The molecule has 0 aliphatic heterocycles. The predicted molar refractivity (Wildman–Crippen MR) is 78.0 cm³/mol. The van der Waals surface area contributed by atoms with Gasteiger partial charge in [-0.3, -0.25) is 0 Å². The quantitative estimate of drug-likeness (QED) is 0.633. The van der Waals surface area contributed by atoms with E-state index in [0.717, 1.165) is 30.6 Å². The van der Waals surface area contributed by atoms with Crippen LogP contribution in [-0.4, -0.2) is 16.8 Å². The monoisotopic (exact) mass is 253 g/mol. The van der Waals surface area contributed by atoms with E-state index in [1.54, 1.807) is 0 Å². The molecule has 1 N–H and O–H groups in total. The van der Waals surface area contributed by atoms with E-state index in [4.69, 9.17) is 6.42 Å². The lowest BCUT2D eigenvalue weighted by Crippen LogP contribution is -2.17. The fourth-order valence-corrected chi connectivity index (χ4v) is 2.10. The van der Waals surface area contributed by atoms with Crippen LogP contribution in [0.15, 0.2) is 42.6 Å². The van der Waals surface area contributed by atoms with Gasteiger partial charge in [-0.1, -0.05) is 18.2 Å². The molecule has 0 saturated heterocycles. The van der Waals surface area contributed by atoms with Gasteiger partial charge in [0.05, 0.1) is 17.4 Å². The molecule has 0 aliphatic rings. The van der Waals surface area contributed by atoms with Crippen LogP contribution in [0.1, 0.15) is 31.0 Å². The van der Waals surface area contributed by atoms with Crippen molar-refractivity contribution in [2.45, 2.75) is 25.3 Å². The number of para-hydroxylation sites is 1. The summed E-state index contributed by atoms with van der Waals surface area (Å²) in [6, 6.07) is 12.4. The number of unbranched alkanes of at least 4 members (excludes halogenated alkanes) is 1. The third kappa shape index (κ3) is 3.46. The van der Waals surface area contributed by atoms with Gasteiger partial charge in [0.25, 0.3) is 0 Å². The zero-order valence-corrected chi connectivity index (χ0v) is 11.2. The molecular weight excluding hydrogens is 234 g/mol. The Morgan fingerprint density at radius 3 is 2.79 bits per heavy atom. The molecule has 19 heavy (non-hydrogen) atoms. The summed E-state index contributed by atoms with van der Waals surface area (Å²) in [6.45, 7) is 0. The summed E-state index contributed by atoms with van der Waals surface area (Å²) >= 11 is 0. The second-order valence-corrected chi connectivity index (χ2v) is 4.46. The first-order valence-corrected chi connectivity index (χ1v) is 6.57. The van der Waals surface area contributed by atoms with E-state index in [9.17, 15) is 0 Å². The topological polar surface area (TPSA) is 29.9 Å². The second-order valence-electron chi connectivity index (χ2n) is 4.46. The van der Waals surface area contributed by atoms with Crippen molar-refractivity contribution in [3.8, 4) is 18.0 Å². The molecule has 0 spiro atoms. The first-order chi connectivity index (χ1) is 9.35. The van der Waals surface area contributed by atoms with E-state index in [1.807, 2.05) is 48.3 Å². The molecule has 0 saturated carbocycles. The van der Waals surface area contributed by atoms with Crippen molar-refractivity contribution in [1.29, 1.82) is 0 Å². The van der Waals surface area contributed by atoms with Gasteiger partial charge in [0.15, 0.2) is 0 Å². The average Bonchev–Trinajstić information content (AvgIpc) is 2.94. The predicted octanol–water partition coefficient (Wildman–Crippen LogP) is 2.94. The maximum atomic E-state index is 5.28. The summed E-state index contributed by atoms with van der Waals surface area (Å²) in [6.07, 6.45) is 10.1.